The summed E-state index contributed by atoms with van der Waals surface area (Å²) in [5.74, 6) is 0.594. The molecule has 0 saturated carbocycles. The minimum absolute atomic E-state index is 0.594. The second kappa shape index (κ2) is 4.15. The molecule has 1 aromatic heterocycles. The van der Waals surface area contributed by atoms with E-state index < -0.39 is 0 Å². The molecule has 0 bridgehead atoms. The van der Waals surface area contributed by atoms with Gasteiger partial charge in [-0.1, -0.05) is 31.6 Å². The molecule has 1 aromatic carbocycles. The quantitative estimate of drug-likeness (QED) is 0.728. The summed E-state index contributed by atoms with van der Waals surface area (Å²) in [7, 11) is 0. The molecule has 78 valence electrons. The van der Waals surface area contributed by atoms with Crippen molar-refractivity contribution in [2.45, 2.75) is 20.8 Å². The van der Waals surface area contributed by atoms with Gasteiger partial charge in [0.2, 0.25) is 0 Å². The maximum Gasteiger partial charge on any atom is 0.117 e. The Balaban J connectivity index is 2.41. The summed E-state index contributed by atoms with van der Waals surface area (Å²) in [6.07, 6.45) is 2.19. The molecule has 0 radical (unpaired) electrons. The van der Waals surface area contributed by atoms with E-state index in [0.717, 1.165) is 10.5 Å². The van der Waals surface area contributed by atoms with Crippen molar-refractivity contribution in [1.29, 1.82) is 0 Å². The average molecular weight is 217 g/mol. The predicted octanol–water partition coefficient (Wildman–Crippen LogP) is 4.36. The number of hydrogen-bond donors (Lipinski definition) is 0. The zero-order valence-corrected chi connectivity index (χ0v) is 10.1. The molecule has 1 heterocycles. The Bertz CT molecular complexity index is 461. The van der Waals surface area contributed by atoms with Crippen LogP contribution in [0.15, 0.2) is 29.8 Å². The van der Waals surface area contributed by atoms with Gasteiger partial charge < -0.3 is 0 Å². The molecule has 0 spiro atoms. The minimum atomic E-state index is 0.594. The molecule has 0 unspecified atom stereocenters. The molecule has 0 N–H and O–H groups in total. The third kappa shape index (κ3) is 2.26. The average Bonchev–Trinajstić information content (AvgIpc) is 2.59. The van der Waals surface area contributed by atoms with Gasteiger partial charge in [-0.3, -0.25) is 0 Å². The number of para-hydroxylation sites is 1. The van der Waals surface area contributed by atoms with E-state index in [1.807, 2.05) is 6.07 Å². The molecule has 1 nitrogen and oxygen atoms in total. The van der Waals surface area contributed by atoms with Gasteiger partial charge in [0.1, 0.15) is 5.01 Å². The summed E-state index contributed by atoms with van der Waals surface area (Å²) < 4.78 is 1.26. The van der Waals surface area contributed by atoms with Crippen LogP contribution >= 0.6 is 11.3 Å². The zero-order chi connectivity index (χ0) is 10.8. The van der Waals surface area contributed by atoms with Crippen LogP contribution in [-0.2, 0) is 0 Å². The third-order valence-electron chi connectivity index (χ3n) is 2.57. The molecule has 0 amide bonds. The summed E-state index contributed by atoms with van der Waals surface area (Å²) in [4.78, 5) is 4.58. The van der Waals surface area contributed by atoms with Crippen LogP contribution in [0.1, 0.15) is 25.8 Å². The molecule has 2 rings (SSSR count). The van der Waals surface area contributed by atoms with Crippen LogP contribution in [0.5, 0.6) is 0 Å². The lowest BCUT2D eigenvalue weighted by Crippen LogP contribution is -1.87. The summed E-state index contributed by atoms with van der Waals surface area (Å²) in [6, 6.07) is 8.27. The maximum atomic E-state index is 4.58. The van der Waals surface area contributed by atoms with Gasteiger partial charge in [-0.25, -0.2) is 4.98 Å². The molecule has 0 aliphatic carbocycles. The van der Waals surface area contributed by atoms with E-state index in [1.165, 1.54) is 10.3 Å². The SMILES string of the molecule is C/C(=C/c1nc2ccccc2s1)C(C)C. The predicted molar refractivity (Wildman–Crippen MR) is 68.1 cm³/mol. The van der Waals surface area contributed by atoms with E-state index in [9.17, 15) is 0 Å². The van der Waals surface area contributed by atoms with Crippen LogP contribution in [0.4, 0.5) is 0 Å². The lowest BCUT2D eigenvalue weighted by molar-refractivity contribution is 0.776. The summed E-state index contributed by atoms with van der Waals surface area (Å²) in [5, 5.41) is 1.11. The highest BCUT2D eigenvalue weighted by Crippen LogP contribution is 2.24. The number of allylic oxidation sites excluding steroid dienone is 1. The first kappa shape index (κ1) is 10.4. The number of thiazole rings is 1. The largest absolute Gasteiger partial charge is 0.237 e. The van der Waals surface area contributed by atoms with Gasteiger partial charge in [0.25, 0.3) is 0 Å². The monoisotopic (exact) mass is 217 g/mol. The van der Waals surface area contributed by atoms with E-state index in [-0.39, 0.29) is 0 Å². The Morgan fingerprint density at radius 2 is 2.07 bits per heavy atom. The molecule has 2 heteroatoms. The first-order valence-corrected chi connectivity index (χ1v) is 6.02. The van der Waals surface area contributed by atoms with Gasteiger partial charge in [-0.2, -0.15) is 0 Å². The van der Waals surface area contributed by atoms with E-state index in [2.05, 4.69) is 50.0 Å². The van der Waals surface area contributed by atoms with Crippen LogP contribution in [0.3, 0.4) is 0 Å². The fraction of sp³-hybridized carbons (Fsp3) is 0.308. The van der Waals surface area contributed by atoms with Crippen LogP contribution in [0, 0.1) is 5.92 Å². The van der Waals surface area contributed by atoms with Gasteiger partial charge in [0.15, 0.2) is 0 Å². The summed E-state index contributed by atoms with van der Waals surface area (Å²) in [5.41, 5.74) is 2.49. The number of fused-ring (bicyclic) bond motifs is 1. The molecule has 15 heavy (non-hydrogen) atoms. The molecule has 0 aliphatic heterocycles. The van der Waals surface area contributed by atoms with Crippen LogP contribution in [0.2, 0.25) is 0 Å². The fourth-order valence-corrected chi connectivity index (χ4v) is 2.29. The summed E-state index contributed by atoms with van der Waals surface area (Å²) >= 11 is 1.76. The van der Waals surface area contributed by atoms with Crippen LogP contribution < -0.4 is 0 Å². The molecule has 2 aromatic rings. The van der Waals surface area contributed by atoms with Gasteiger partial charge in [0.05, 0.1) is 10.2 Å². The molecule has 0 aliphatic rings. The normalized spacial score (nSPS) is 12.7. The van der Waals surface area contributed by atoms with E-state index in [4.69, 9.17) is 0 Å². The first-order chi connectivity index (χ1) is 7.16. The van der Waals surface area contributed by atoms with E-state index in [1.54, 1.807) is 11.3 Å². The smallest absolute Gasteiger partial charge is 0.117 e. The second-order valence-electron chi connectivity index (χ2n) is 4.06. The van der Waals surface area contributed by atoms with Crippen molar-refractivity contribution >= 4 is 27.6 Å². The maximum absolute atomic E-state index is 4.58. The number of nitrogens with zero attached hydrogens (tertiary/aromatic N) is 1. The Labute approximate surface area is 94.5 Å². The van der Waals surface area contributed by atoms with Crippen molar-refractivity contribution in [2.75, 3.05) is 0 Å². The highest BCUT2D eigenvalue weighted by molar-refractivity contribution is 7.19. The number of aromatic nitrogens is 1. The van der Waals surface area contributed by atoms with Crippen molar-refractivity contribution in [2.24, 2.45) is 5.92 Å². The standard InChI is InChI=1S/C13H15NS/c1-9(2)10(3)8-13-14-11-6-4-5-7-12(11)15-13/h4-9H,1-3H3/b10-8-. The van der Waals surface area contributed by atoms with Crippen molar-refractivity contribution in [1.82, 2.24) is 4.98 Å². The number of benzene rings is 1. The minimum Gasteiger partial charge on any atom is -0.237 e. The van der Waals surface area contributed by atoms with Crippen molar-refractivity contribution in [3.63, 3.8) is 0 Å². The number of hydrogen-bond acceptors (Lipinski definition) is 2. The van der Waals surface area contributed by atoms with Crippen molar-refractivity contribution in [3.8, 4) is 0 Å². The Morgan fingerprint density at radius 1 is 1.33 bits per heavy atom. The zero-order valence-electron chi connectivity index (χ0n) is 9.32. The fourth-order valence-electron chi connectivity index (χ4n) is 1.31. The molecular weight excluding hydrogens is 202 g/mol. The molecule has 0 saturated heterocycles. The second-order valence-corrected chi connectivity index (χ2v) is 5.13. The van der Waals surface area contributed by atoms with Crippen LogP contribution in [0.25, 0.3) is 16.3 Å². The van der Waals surface area contributed by atoms with Gasteiger partial charge in [0, 0.05) is 0 Å². The highest BCUT2D eigenvalue weighted by atomic mass is 32.1. The van der Waals surface area contributed by atoms with Gasteiger partial charge in [-0.15, -0.1) is 11.3 Å². The Morgan fingerprint density at radius 3 is 2.73 bits per heavy atom. The van der Waals surface area contributed by atoms with Gasteiger partial charge in [-0.05, 0) is 31.1 Å². The molecular formula is C13H15NS. The Kier molecular flexibility index (Phi) is 2.87. The van der Waals surface area contributed by atoms with Crippen molar-refractivity contribution < 1.29 is 0 Å². The highest BCUT2D eigenvalue weighted by Gasteiger charge is 2.02. The lowest BCUT2D eigenvalue weighted by Gasteiger charge is -2.02. The molecule has 0 fully saturated rings. The van der Waals surface area contributed by atoms with E-state index in [0.29, 0.717) is 5.92 Å². The third-order valence-corrected chi connectivity index (χ3v) is 3.56. The lowest BCUT2D eigenvalue weighted by atomic mass is 10.1. The summed E-state index contributed by atoms with van der Waals surface area (Å²) in [6.45, 7) is 6.58. The van der Waals surface area contributed by atoms with Crippen molar-refractivity contribution in [3.05, 3.63) is 34.8 Å². The first-order valence-electron chi connectivity index (χ1n) is 5.20. The van der Waals surface area contributed by atoms with E-state index >= 15 is 0 Å². The molecule has 0 atom stereocenters. The topological polar surface area (TPSA) is 12.9 Å². The van der Waals surface area contributed by atoms with Gasteiger partial charge >= 0.3 is 0 Å². The number of rotatable bonds is 2. The Hall–Kier alpha value is -1.15. The van der Waals surface area contributed by atoms with Crippen LogP contribution in [-0.4, -0.2) is 4.98 Å².